The summed E-state index contributed by atoms with van der Waals surface area (Å²) in [6.45, 7) is 9.59. The van der Waals surface area contributed by atoms with Crippen molar-refractivity contribution in [2.75, 3.05) is 0 Å². The Morgan fingerprint density at radius 2 is 0.613 bits per heavy atom. The molecule has 0 nitrogen and oxygen atoms in total. The summed E-state index contributed by atoms with van der Waals surface area (Å²) in [6, 6.07) is 90.5. The third-order valence-corrected chi connectivity index (χ3v) is 44.9. The number of hydrogen-bond donors (Lipinski definition) is 0. The third kappa shape index (κ3) is 9.99. The minimum atomic E-state index is -2.94. The van der Waals surface area contributed by atoms with E-state index in [9.17, 15) is 0 Å². The average Bonchev–Trinajstić information content (AvgIpc) is 4.11. The zero-order valence-corrected chi connectivity index (χ0v) is 52.7. The Balaban J connectivity index is 0.00000360. The van der Waals surface area contributed by atoms with E-state index >= 15 is 0 Å². The van der Waals surface area contributed by atoms with Gasteiger partial charge >= 0.3 is 37.7 Å². The van der Waals surface area contributed by atoms with E-state index in [0.29, 0.717) is 0 Å². The smallest absolute Gasteiger partial charge is 0.237 e. The van der Waals surface area contributed by atoms with Crippen molar-refractivity contribution in [1.82, 2.24) is 0 Å². The van der Waals surface area contributed by atoms with Crippen molar-refractivity contribution < 1.29 is 37.7 Å². The van der Waals surface area contributed by atoms with Gasteiger partial charge in [0.2, 0.25) is 0 Å². The number of allylic oxidation sites excluding steroid dienone is 2. The van der Waals surface area contributed by atoms with Crippen LogP contribution in [0.1, 0.15) is 125 Å². The average molecular weight is 1090 g/mol. The molecule has 6 heteroatoms. The van der Waals surface area contributed by atoms with Crippen molar-refractivity contribution >= 4 is 83.7 Å². The van der Waals surface area contributed by atoms with Gasteiger partial charge in [0.1, 0.15) is 0 Å². The van der Waals surface area contributed by atoms with Crippen LogP contribution >= 0.6 is 0 Å². The summed E-state index contributed by atoms with van der Waals surface area (Å²) >= 11 is 0. The van der Waals surface area contributed by atoms with Crippen LogP contribution in [0.3, 0.4) is 0 Å². The van der Waals surface area contributed by atoms with Crippen LogP contribution in [0.15, 0.2) is 218 Å². The molecule has 0 saturated carbocycles. The molecule has 0 fully saturated rings. The largest absolute Gasteiger partial charge is 1.00 e. The molecular weight excluding hydrogens is 1020 g/mol. The van der Waals surface area contributed by atoms with E-state index in [2.05, 4.69) is 246 Å². The molecule has 2 aliphatic rings. The van der Waals surface area contributed by atoms with E-state index in [-0.39, 0.29) is 37.7 Å². The van der Waals surface area contributed by atoms with Crippen LogP contribution in [0.25, 0.3) is 63.8 Å². The Bertz CT molecular complexity index is 3550. The quantitative estimate of drug-likeness (QED) is 0.0629. The van der Waals surface area contributed by atoms with E-state index in [1.54, 1.807) is 85.3 Å². The van der Waals surface area contributed by atoms with Crippen LogP contribution in [0.4, 0.5) is 0 Å². The van der Waals surface area contributed by atoms with Crippen molar-refractivity contribution in [2.45, 2.75) is 117 Å². The predicted molar refractivity (Wildman–Crippen MR) is 349 cm³/mol. The molecule has 390 valence electrons. The standard InChI is InChI=1S/C74H76Si4.2Li/c1-5-9-41-63-59-45-25-29-49-67(59)75(71(63)55-33-17-13-18-34-55)77(69-51-31-27-47-61(69)65(43-11-7-3)73(77)57-37-21-15-22-38-57)53-54-78(70-52-32-28-48-62(70)66(44-12-8-4)74(78)58-39-23-16-24-40-58)76-68-50-30-26-46-60(68)64(42-10-6-2)72(76)56-35-19-14-20-36-56;;/h13-40,45-52H,5-12,41-44,53-54H2,1-4H3;;/q-2;2*+1. The van der Waals surface area contributed by atoms with Gasteiger partial charge in [-0.3, -0.25) is 0 Å². The second kappa shape index (κ2) is 25.9. The Labute approximate surface area is 507 Å². The van der Waals surface area contributed by atoms with Crippen molar-refractivity contribution in [3.63, 3.8) is 0 Å². The molecule has 2 unspecified atom stereocenters. The molecule has 0 radical (unpaired) electrons. The number of fused-ring (bicyclic) bond motifs is 4. The second-order valence-corrected chi connectivity index (χ2v) is 40.9. The summed E-state index contributed by atoms with van der Waals surface area (Å²) in [5.41, 5.74) is 15.6. The normalized spacial score (nSPS) is 16.5. The van der Waals surface area contributed by atoms with Gasteiger partial charge in [-0.1, -0.05) is 338 Å². The van der Waals surface area contributed by atoms with Gasteiger partial charge in [0.15, 0.2) is 0 Å². The summed E-state index contributed by atoms with van der Waals surface area (Å²) in [5, 5.41) is 13.5. The van der Waals surface area contributed by atoms with Crippen LogP contribution < -0.4 is 48.1 Å². The minimum absolute atomic E-state index is 0. The number of aryl methyl sites for hydroxylation is 2. The molecule has 8 aromatic carbocycles. The SMILES string of the molecule is CCCCC1=C(c2ccccc2)[Si](CC[Si]2([si-]3c(-c4ccccc4)c(CCCC)c4ccccc43)C(c3ccccc3)=C(CCCC)c3ccccc32)([si-]2c(-c3ccccc3)c(CCCC)c3ccccc32)c2ccccc21.[Li+].[Li+]. The molecule has 12 rings (SSSR count). The number of hydrogen-bond acceptors (Lipinski definition) is 0. The Morgan fingerprint density at radius 1 is 0.312 bits per heavy atom. The Kier molecular flexibility index (Phi) is 18.8. The minimum Gasteiger partial charge on any atom is -0.237 e. The predicted octanol–water partition coefficient (Wildman–Crippen LogP) is 12.9. The molecule has 0 amide bonds. The Hall–Kier alpha value is -5.22. The fraction of sp³-hybridized carbons (Fsp3) is 0.243. The fourth-order valence-corrected chi connectivity index (χ4v) is 50.3. The van der Waals surface area contributed by atoms with Gasteiger partial charge < -0.3 is 0 Å². The van der Waals surface area contributed by atoms with Gasteiger partial charge in [0.25, 0.3) is 0 Å². The maximum absolute atomic E-state index is 2.94. The first-order chi connectivity index (χ1) is 38.6. The number of unbranched alkanes of at least 4 members (excludes halogenated alkanes) is 4. The summed E-state index contributed by atoms with van der Waals surface area (Å²) in [5.74, 6) is 0. The van der Waals surface area contributed by atoms with Gasteiger partial charge in [-0.05, 0) is 99.9 Å². The molecule has 2 aromatic heterocycles. The molecule has 0 bridgehead atoms. The molecule has 4 heterocycles. The summed E-state index contributed by atoms with van der Waals surface area (Å²) in [4.78, 5) is 3.35. The first-order valence-electron chi connectivity index (χ1n) is 29.9. The third-order valence-electron chi connectivity index (χ3n) is 18.1. The molecular formula is C74H76Li2Si4. The van der Waals surface area contributed by atoms with E-state index in [0.717, 1.165) is 25.7 Å². The number of benzene rings is 8. The maximum Gasteiger partial charge on any atom is 1.00 e. The van der Waals surface area contributed by atoms with Crippen molar-refractivity contribution in [1.29, 1.82) is 0 Å². The van der Waals surface area contributed by atoms with Gasteiger partial charge in [-0.15, -0.1) is 0 Å². The van der Waals surface area contributed by atoms with E-state index in [1.165, 1.54) is 85.7 Å². The fourth-order valence-electron chi connectivity index (χ4n) is 15.0. The van der Waals surface area contributed by atoms with Gasteiger partial charge in [0, 0.05) is 0 Å². The van der Waals surface area contributed by atoms with Crippen molar-refractivity contribution in [3.05, 3.63) is 252 Å². The van der Waals surface area contributed by atoms with Crippen LogP contribution in [0, 0.1) is 0 Å². The van der Waals surface area contributed by atoms with Gasteiger partial charge in [-0.2, -0.15) is 20.3 Å². The maximum atomic E-state index is 2.70. The second-order valence-electron chi connectivity index (χ2n) is 22.5. The zero-order chi connectivity index (χ0) is 53.1. The molecule has 0 N–H and O–H groups in total. The summed E-state index contributed by atoms with van der Waals surface area (Å²) in [6.07, 6.45) is 14.0. The molecule has 10 aromatic rings. The van der Waals surface area contributed by atoms with Crippen LogP contribution in [0.5, 0.6) is 0 Å². The van der Waals surface area contributed by atoms with Crippen molar-refractivity contribution in [3.8, 4) is 21.5 Å². The number of rotatable bonds is 21. The monoisotopic (exact) mass is 1090 g/mol. The van der Waals surface area contributed by atoms with Gasteiger partial charge in [0.05, 0.1) is 0 Å². The Morgan fingerprint density at radius 3 is 0.975 bits per heavy atom. The molecule has 0 saturated heterocycles. The first kappa shape index (κ1) is 58.0. The van der Waals surface area contributed by atoms with E-state index < -0.39 is 31.0 Å². The first-order valence-corrected chi connectivity index (χ1v) is 39.3. The summed E-state index contributed by atoms with van der Waals surface area (Å²) in [7, 11) is -8.97. The molecule has 0 spiro atoms. The van der Waals surface area contributed by atoms with Crippen LogP contribution in [0.2, 0.25) is 12.1 Å². The van der Waals surface area contributed by atoms with Crippen LogP contribution in [-0.2, 0) is 12.8 Å². The topological polar surface area (TPSA) is 0 Å². The molecule has 0 aliphatic carbocycles. The molecule has 2 atom stereocenters. The van der Waals surface area contributed by atoms with E-state index in [1.807, 2.05) is 0 Å². The van der Waals surface area contributed by atoms with Crippen LogP contribution in [-0.4, -0.2) is 31.0 Å². The zero-order valence-electron chi connectivity index (χ0n) is 48.7. The van der Waals surface area contributed by atoms with Gasteiger partial charge in [-0.25, -0.2) is 15.8 Å². The molecule has 80 heavy (non-hydrogen) atoms. The molecule has 2 aliphatic heterocycles. The van der Waals surface area contributed by atoms with E-state index in [4.69, 9.17) is 0 Å². The summed E-state index contributed by atoms with van der Waals surface area (Å²) < 4.78 is 0. The van der Waals surface area contributed by atoms with Crippen molar-refractivity contribution in [2.24, 2.45) is 0 Å².